The van der Waals surface area contributed by atoms with Crippen LogP contribution >= 0.6 is 6.89 Å². The molecule has 1 aromatic rings. The van der Waals surface area contributed by atoms with Gasteiger partial charge in [-0.2, -0.15) is 13.2 Å². The van der Waals surface area contributed by atoms with Gasteiger partial charge in [0.25, 0.3) is 5.56 Å². The van der Waals surface area contributed by atoms with Gasteiger partial charge in [0.2, 0.25) is 0 Å². The van der Waals surface area contributed by atoms with Crippen molar-refractivity contribution in [2.24, 2.45) is 0 Å². The van der Waals surface area contributed by atoms with Crippen LogP contribution in [0.4, 0.5) is 13.2 Å². The maximum atomic E-state index is 12.3. The monoisotopic (exact) mass is 441 g/mol. The van der Waals surface area contributed by atoms with Crippen LogP contribution in [0.25, 0.3) is 0 Å². The second-order valence-corrected chi connectivity index (χ2v) is 11.8. The fraction of sp³-hybridized carbons (Fsp3) is 0.625. The van der Waals surface area contributed by atoms with Crippen molar-refractivity contribution < 1.29 is 32.9 Å². The SMILES string of the molecule is C=P(C)(C)CC[C@H]1OC(n2cc(CNC(=O)C(F)(F)F)c(=O)[nH]c2=O)[C@H](O)[C@@H]1O. The van der Waals surface area contributed by atoms with Crippen molar-refractivity contribution in [3.8, 4) is 0 Å². The number of aliphatic hydroxyl groups is 2. The predicted molar refractivity (Wildman–Crippen MR) is 101 cm³/mol. The van der Waals surface area contributed by atoms with Crippen LogP contribution in [0, 0.1) is 0 Å². The Hall–Kier alpha value is -1.88. The van der Waals surface area contributed by atoms with Gasteiger partial charge in [0.05, 0.1) is 11.7 Å². The molecule has 2 heterocycles. The number of hydrogen-bond acceptors (Lipinski definition) is 6. The highest BCUT2D eigenvalue weighted by Crippen LogP contribution is 2.39. The molecule has 0 spiro atoms. The van der Waals surface area contributed by atoms with Gasteiger partial charge in [-0.3, -0.25) is 19.1 Å². The average molecular weight is 441 g/mol. The minimum absolute atomic E-state index is 0.360. The van der Waals surface area contributed by atoms with Crippen LogP contribution in [-0.2, 0) is 16.1 Å². The number of nitrogens with zero attached hydrogens (tertiary/aromatic N) is 1. The van der Waals surface area contributed by atoms with E-state index in [2.05, 4.69) is 6.30 Å². The minimum atomic E-state index is -5.13. The smallest absolute Gasteiger partial charge is 0.388 e. The van der Waals surface area contributed by atoms with Crippen LogP contribution in [-0.4, -0.2) is 76.0 Å². The zero-order valence-electron chi connectivity index (χ0n) is 15.8. The molecule has 0 aromatic carbocycles. The van der Waals surface area contributed by atoms with E-state index in [0.717, 1.165) is 10.8 Å². The number of alkyl halides is 3. The van der Waals surface area contributed by atoms with Gasteiger partial charge in [-0.05, 0) is 25.9 Å². The van der Waals surface area contributed by atoms with Crippen LogP contribution in [0.1, 0.15) is 18.2 Å². The molecule has 9 nitrogen and oxygen atoms in total. The summed E-state index contributed by atoms with van der Waals surface area (Å²) in [7, 11) is 0. The lowest BCUT2D eigenvalue weighted by Crippen LogP contribution is -2.41. The van der Waals surface area contributed by atoms with Gasteiger partial charge in [0.1, 0.15) is 12.2 Å². The van der Waals surface area contributed by atoms with Gasteiger partial charge in [0.15, 0.2) is 6.23 Å². The average Bonchev–Trinajstić information content (AvgIpc) is 2.86. The van der Waals surface area contributed by atoms with E-state index < -0.39 is 61.3 Å². The van der Waals surface area contributed by atoms with Crippen molar-refractivity contribution in [3.63, 3.8) is 0 Å². The Morgan fingerprint density at radius 1 is 1.34 bits per heavy atom. The van der Waals surface area contributed by atoms with Gasteiger partial charge >= 0.3 is 17.8 Å². The first-order valence-electron chi connectivity index (χ1n) is 8.59. The molecule has 1 amide bonds. The lowest BCUT2D eigenvalue weighted by Gasteiger charge is -2.19. The van der Waals surface area contributed by atoms with Crippen molar-refractivity contribution in [1.29, 1.82) is 0 Å². The molecule has 1 aromatic heterocycles. The molecule has 1 saturated heterocycles. The van der Waals surface area contributed by atoms with E-state index in [4.69, 9.17) is 4.74 Å². The number of halogens is 3. The third-order valence-electron chi connectivity index (χ3n) is 4.37. The van der Waals surface area contributed by atoms with Crippen LogP contribution < -0.4 is 16.6 Å². The topological polar surface area (TPSA) is 134 Å². The van der Waals surface area contributed by atoms with E-state index >= 15 is 0 Å². The largest absolute Gasteiger partial charge is 0.471 e. The fourth-order valence-corrected chi connectivity index (χ4v) is 3.75. The molecule has 0 aliphatic carbocycles. The summed E-state index contributed by atoms with van der Waals surface area (Å²) in [5.74, 6) is -2.25. The number of nitrogens with one attached hydrogen (secondary N) is 2. The molecule has 1 fully saturated rings. The quantitative estimate of drug-likeness (QED) is 0.437. The van der Waals surface area contributed by atoms with Crippen molar-refractivity contribution in [1.82, 2.24) is 14.9 Å². The van der Waals surface area contributed by atoms with E-state index in [9.17, 15) is 37.8 Å². The molecule has 4 atom stereocenters. The van der Waals surface area contributed by atoms with Gasteiger partial charge in [-0.15, -0.1) is 13.2 Å². The molecule has 0 saturated carbocycles. The van der Waals surface area contributed by atoms with Crippen LogP contribution in [0.15, 0.2) is 15.8 Å². The van der Waals surface area contributed by atoms with E-state index in [1.807, 2.05) is 18.3 Å². The molecule has 0 bridgehead atoms. The zero-order valence-corrected chi connectivity index (χ0v) is 16.7. The van der Waals surface area contributed by atoms with Crippen molar-refractivity contribution in [2.75, 3.05) is 19.5 Å². The van der Waals surface area contributed by atoms with Gasteiger partial charge in [-0.1, -0.05) is 0 Å². The molecule has 29 heavy (non-hydrogen) atoms. The number of carbonyl (C=O) groups excluding carboxylic acids is 1. The number of ether oxygens (including phenoxy) is 1. The molecule has 1 aliphatic rings. The molecular formula is C16H23F3N3O6P. The first kappa shape index (κ1) is 23.4. The Labute approximate surface area is 163 Å². The Morgan fingerprint density at radius 2 is 1.97 bits per heavy atom. The maximum Gasteiger partial charge on any atom is 0.471 e. The van der Waals surface area contributed by atoms with Crippen molar-refractivity contribution >= 4 is 19.1 Å². The van der Waals surface area contributed by atoms with Crippen LogP contribution in [0.2, 0.25) is 0 Å². The second kappa shape index (κ2) is 8.47. The summed E-state index contributed by atoms with van der Waals surface area (Å²) in [5.41, 5.74) is -2.34. The summed E-state index contributed by atoms with van der Waals surface area (Å²) in [6.45, 7) is 1.73. The van der Waals surface area contributed by atoms with Crippen LogP contribution in [0.5, 0.6) is 0 Å². The molecule has 1 unspecified atom stereocenters. The van der Waals surface area contributed by atoms with Gasteiger partial charge in [0, 0.05) is 12.7 Å². The number of aromatic amines is 1. The number of carbonyl (C=O) groups is 1. The molecular weight excluding hydrogens is 418 g/mol. The third kappa shape index (κ3) is 5.81. The molecule has 1 aliphatic heterocycles. The summed E-state index contributed by atoms with van der Waals surface area (Å²) in [6, 6.07) is 0. The minimum Gasteiger partial charge on any atom is -0.388 e. The zero-order chi connectivity index (χ0) is 22.1. The molecule has 13 heteroatoms. The number of aliphatic hydroxyl groups excluding tert-OH is 2. The predicted octanol–water partition coefficient (Wildman–Crippen LogP) is -0.566. The first-order chi connectivity index (χ1) is 13.2. The number of hydrogen-bond donors (Lipinski definition) is 4. The van der Waals surface area contributed by atoms with Crippen molar-refractivity contribution in [3.05, 3.63) is 32.6 Å². The Kier molecular flexibility index (Phi) is 6.83. The normalized spacial score (nSPS) is 25.2. The summed E-state index contributed by atoms with van der Waals surface area (Å²) in [5, 5.41) is 22.0. The Morgan fingerprint density at radius 3 is 2.52 bits per heavy atom. The number of rotatable bonds is 6. The maximum absolute atomic E-state index is 12.3. The standard InChI is InChI=1S/C16H23F3N3O6P/c1-29(2,3)5-4-9-10(23)11(24)13(28-9)22-7-8(12(25)21-15(22)27)6-20-14(26)16(17,18)19/h7,9-11,13,23-24H,1,4-6H2,2-3H3,(H,20,26)(H,21,25,27)/t9-,10-,11-,13?/m1/s1. The number of amides is 1. The van der Waals surface area contributed by atoms with E-state index in [1.165, 1.54) is 5.32 Å². The van der Waals surface area contributed by atoms with Crippen LogP contribution in [0.3, 0.4) is 0 Å². The Bertz CT molecular complexity index is 922. The Balaban J connectivity index is 2.23. The number of aromatic nitrogens is 2. The highest BCUT2D eigenvalue weighted by atomic mass is 31.2. The highest BCUT2D eigenvalue weighted by Gasteiger charge is 2.44. The molecule has 4 N–H and O–H groups in total. The molecule has 164 valence electrons. The van der Waals surface area contributed by atoms with Crippen molar-refractivity contribution in [2.45, 2.75) is 43.7 Å². The van der Waals surface area contributed by atoms with Gasteiger partial charge in [-0.25, -0.2) is 4.79 Å². The second-order valence-electron chi connectivity index (χ2n) is 7.50. The van der Waals surface area contributed by atoms with E-state index in [0.29, 0.717) is 12.6 Å². The summed E-state index contributed by atoms with van der Waals surface area (Å²) < 4.78 is 43.3. The first-order valence-corrected chi connectivity index (χ1v) is 11.6. The lowest BCUT2D eigenvalue weighted by atomic mass is 10.1. The lowest BCUT2D eigenvalue weighted by molar-refractivity contribution is -0.173. The highest BCUT2D eigenvalue weighted by molar-refractivity contribution is 7.72. The third-order valence-corrected chi connectivity index (χ3v) is 5.84. The molecule has 2 rings (SSSR count). The van der Waals surface area contributed by atoms with E-state index in [1.54, 1.807) is 0 Å². The van der Waals surface area contributed by atoms with E-state index in [-0.39, 0.29) is 5.56 Å². The summed E-state index contributed by atoms with van der Waals surface area (Å²) >= 11 is 0. The number of H-pyrrole nitrogens is 1. The summed E-state index contributed by atoms with van der Waals surface area (Å²) in [4.78, 5) is 36.8. The fourth-order valence-electron chi connectivity index (χ4n) is 2.79. The molecule has 0 radical (unpaired) electrons. The summed E-state index contributed by atoms with van der Waals surface area (Å²) in [6.07, 6.45) is -4.13. The van der Waals surface area contributed by atoms with Gasteiger partial charge < -0.3 is 20.3 Å².